The maximum Gasteiger partial charge on any atom is 0.273 e. The lowest BCUT2D eigenvalue weighted by atomic mass is 10.1. The van der Waals surface area contributed by atoms with Gasteiger partial charge in [-0.15, -0.1) is 0 Å². The van der Waals surface area contributed by atoms with Gasteiger partial charge in [0.15, 0.2) is 0 Å². The number of amides is 1. The first-order valence-corrected chi connectivity index (χ1v) is 8.43. The van der Waals surface area contributed by atoms with Gasteiger partial charge in [0.2, 0.25) is 0 Å². The zero-order chi connectivity index (χ0) is 18.7. The van der Waals surface area contributed by atoms with Crippen LogP contribution in [0.3, 0.4) is 0 Å². The molecule has 0 saturated heterocycles. The second kappa shape index (κ2) is 7.35. The van der Waals surface area contributed by atoms with Crippen LogP contribution in [0.25, 0.3) is 10.9 Å². The van der Waals surface area contributed by atoms with Gasteiger partial charge >= 0.3 is 0 Å². The van der Waals surface area contributed by atoms with E-state index in [2.05, 4.69) is 15.5 Å². The number of nitrogens with zero attached hydrogens (tertiary/aromatic N) is 3. The normalized spacial score (nSPS) is 11.1. The maximum absolute atomic E-state index is 12.5. The molecule has 1 amide bonds. The Labute approximate surface area is 153 Å². The highest BCUT2D eigenvalue weighted by atomic mass is 16.2. The van der Waals surface area contributed by atoms with Crippen LogP contribution in [0.15, 0.2) is 53.6 Å². The molecule has 26 heavy (non-hydrogen) atoms. The van der Waals surface area contributed by atoms with Crippen LogP contribution in [-0.4, -0.2) is 31.2 Å². The summed E-state index contributed by atoms with van der Waals surface area (Å²) in [6, 6.07) is 15.8. The van der Waals surface area contributed by atoms with Crippen molar-refractivity contribution in [1.82, 2.24) is 10.4 Å². The molecule has 0 radical (unpaired) electrons. The van der Waals surface area contributed by atoms with Gasteiger partial charge in [0.1, 0.15) is 0 Å². The molecule has 5 heteroatoms. The summed E-state index contributed by atoms with van der Waals surface area (Å²) in [7, 11) is 3.98. The maximum atomic E-state index is 12.5. The summed E-state index contributed by atoms with van der Waals surface area (Å²) in [5, 5.41) is 5.01. The third-order valence-corrected chi connectivity index (χ3v) is 4.19. The van der Waals surface area contributed by atoms with E-state index < -0.39 is 0 Å². The zero-order valence-electron chi connectivity index (χ0n) is 15.4. The van der Waals surface area contributed by atoms with Crippen LogP contribution in [0.4, 0.5) is 5.69 Å². The summed E-state index contributed by atoms with van der Waals surface area (Å²) >= 11 is 0. The smallest absolute Gasteiger partial charge is 0.273 e. The van der Waals surface area contributed by atoms with Crippen molar-refractivity contribution in [3.63, 3.8) is 0 Å². The average molecular weight is 346 g/mol. The standard InChI is InChI=1S/C21H22N4O/c1-14-5-10-20-17(11-14)12-19(15(2)23-20)21(26)24-22-13-16-6-8-18(9-7-16)25(3)4/h5-13H,1-4H3,(H,24,26)/b22-13+. The van der Waals surface area contributed by atoms with Gasteiger partial charge in [-0.05, 0) is 49.7 Å². The number of hydrazone groups is 1. The second-order valence-corrected chi connectivity index (χ2v) is 6.50. The summed E-state index contributed by atoms with van der Waals surface area (Å²) in [5.74, 6) is -0.264. The minimum atomic E-state index is -0.264. The highest BCUT2D eigenvalue weighted by Gasteiger charge is 2.11. The molecule has 132 valence electrons. The highest BCUT2D eigenvalue weighted by molar-refractivity contribution is 5.99. The van der Waals surface area contributed by atoms with Crippen molar-refractivity contribution in [3.8, 4) is 0 Å². The fourth-order valence-electron chi connectivity index (χ4n) is 2.71. The molecular formula is C21H22N4O. The Kier molecular flexibility index (Phi) is 4.98. The number of rotatable bonds is 4. The number of aryl methyl sites for hydroxylation is 2. The average Bonchev–Trinajstić information content (AvgIpc) is 2.61. The molecule has 3 rings (SSSR count). The van der Waals surface area contributed by atoms with E-state index >= 15 is 0 Å². The van der Waals surface area contributed by atoms with Crippen LogP contribution >= 0.6 is 0 Å². The molecule has 0 aliphatic rings. The Bertz CT molecular complexity index is 975. The van der Waals surface area contributed by atoms with Gasteiger partial charge in [-0.1, -0.05) is 23.8 Å². The molecule has 0 unspecified atom stereocenters. The molecule has 5 nitrogen and oxygen atoms in total. The van der Waals surface area contributed by atoms with E-state index in [9.17, 15) is 4.79 Å². The second-order valence-electron chi connectivity index (χ2n) is 6.50. The van der Waals surface area contributed by atoms with E-state index in [1.54, 1.807) is 6.21 Å². The minimum absolute atomic E-state index is 0.264. The van der Waals surface area contributed by atoms with Crippen LogP contribution in [0, 0.1) is 13.8 Å². The fourth-order valence-corrected chi connectivity index (χ4v) is 2.71. The van der Waals surface area contributed by atoms with Gasteiger partial charge in [-0.25, -0.2) is 5.43 Å². The van der Waals surface area contributed by atoms with Crippen LogP contribution in [0.1, 0.15) is 27.2 Å². The predicted octanol–water partition coefficient (Wildman–Crippen LogP) is 3.68. The van der Waals surface area contributed by atoms with E-state index in [0.717, 1.165) is 27.7 Å². The van der Waals surface area contributed by atoms with Crippen molar-refractivity contribution in [1.29, 1.82) is 0 Å². The van der Waals surface area contributed by atoms with E-state index in [0.29, 0.717) is 11.3 Å². The van der Waals surface area contributed by atoms with E-state index in [1.165, 1.54) is 0 Å². The number of anilines is 1. The third kappa shape index (κ3) is 3.88. The molecular weight excluding hydrogens is 324 g/mol. The summed E-state index contributed by atoms with van der Waals surface area (Å²) < 4.78 is 0. The largest absolute Gasteiger partial charge is 0.378 e. The first kappa shape index (κ1) is 17.6. The fraction of sp³-hybridized carbons (Fsp3) is 0.190. The molecule has 1 N–H and O–H groups in total. The molecule has 3 aromatic rings. The summed E-state index contributed by atoms with van der Waals surface area (Å²) in [5.41, 5.74) is 7.84. The highest BCUT2D eigenvalue weighted by Crippen LogP contribution is 2.18. The summed E-state index contributed by atoms with van der Waals surface area (Å²) in [6.07, 6.45) is 1.63. The van der Waals surface area contributed by atoms with E-state index in [1.807, 2.05) is 81.4 Å². The molecule has 1 aromatic heterocycles. The molecule has 2 aromatic carbocycles. The van der Waals surface area contributed by atoms with Crippen LogP contribution < -0.4 is 10.3 Å². The van der Waals surface area contributed by atoms with Gasteiger partial charge in [-0.2, -0.15) is 5.10 Å². The number of nitrogens with one attached hydrogen (secondary N) is 1. The summed E-state index contributed by atoms with van der Waals surface area (Å²) in [6.45, 7) is 3.85. The van der Waals surface area contributed by atoms with Gasteiger partial charge in [-0.3, -0.25) is 9.78 Å². The molecule has 0 bridgehead atoms. The first-order valence-electron chi connectivity index (χ1n) is 8.43. The number of carbonyl (C=O) groups excluding carboxylic acids is 1. The lowest BCUT2D eigenvalue weighted by Gasteiger charge is -2.11. The monoisotopic (exact) mass is 346 g/mol. The minimum Gasteiger partial charge on any atom is -0.378 e. The quantitative estimate of drug-likeness (QED) is 0.579. The van der Waals surface area contributed by atoms with Gasteiger partial charge in [0.25, 0.3) is 5.91 Å². The lowest BCUT2D eigenvalue weighted by molar-refractivity contribution is 0.0954. The summed E-state index contributed by atoms with van der Waals surface area (Å²) in [4.78, 5) is 19.0. The number of benzene rings is 2. The number of hydrogen-bond acceptors (Lipinski definition) is 4. The zero-order valence-corrected chi connectivity index (χ0v) is 15.4. The molecule has 0 spiro atoms. The number of carbonyl (C=O) groups is 1. The molecule has 0 aliphatic heterocycles. The van der Waals surface area contributed by atoms with Crippen LogP contribution in [0.2, 0.25) is 0 Å². The number of pyridine rings is 1. The third-order valence-electron chi connectivity index (χ3n) is 4.19. The van der Waals surface area contributed by atoms with Gasteiger partial charge in [0.05, 0.1) is 23.0 Å². The van der Waals surface area contributed by atoms with Crippen molar-refractivity contribution in [3.05, 3.63) is 70.9 Å². The lowest BCUT2D eigenvalue weighted by Crippen LogP contribution is -2.19. The van der Waals surface area contributed by atoms with Crippen LogP contribution in [-0.2, 0) is 0 Å². The molecule has 0 saturated carbocycles. The topological polar surface area (TPSA) is 57.6 Å². The Morgan fingerprint density at radius 3 is 2.50 bits per heavy atom. The van der Waals surface area contributed by atoms with Gasteiger partial charge < -0.3 is 4.90 Å². The molecule has 1 heterocycles. The van der Waals surface area contributed by atoms with Crippen molar-refractivity contribution in [2.45, 2.75) is 13.8 Å². The van der Waals surface area contributed by atoms with Crippen molar-refractivity contribution < 1.29 is 4.79 Å². The molecule has 0 atom stereocenters. The predicted molar refractivity (Wildman–Crippen MR) is 107 cm³/mol. The van der Waals surface area contributed by atoms with Gasteiger partial charge in [0, 0.05) is 25.2 Å². The number of hydrogen-bond donors (Lipinski definition) is 1. The Morgan fingerprint density at radius 1 is 1.08 bits per heavy atom. The van der Waals surface area contributed by atoms with E-state index in [-0.39, 0.29) is 5.91 Å². The Morgan fingerprint density at radius 2 is 1.81 bits per heavy atom. The molecule has 0 aliphatic carbocycles. The van der Waals surface area contributed by atoms with Crippen molar-refractivity contribution in [2.75, 3.05) is 19.0 Å². The Balaban J connectivity index is 1.75. The molecule has 0 fully saturated rings. The Hall–Kier alpha value is -3.21. The number of fused-ring (bicyclic) bond motifs is 1. The first-order chi connectivity index (χ1) is 12.4. The van der Waals surface area contributed by atoms with Crippen molar-refractivity contribution in [2.24, 2.45) is 5.10 Å². The van der Waals surface area contributed by atoms with E-state index in [4.69, 9.17) is 0 Å². The SMILES string of the molecule is Cc1ccc2nc(C)c(C(=O)N/N=C/c3ccc(N(C)C)cc3)cc2c1. The number of aromatic nitrogens is 1. The van der Waals surface area contributed by atoms with Crippen molar-refractivity contribution >= 4 is 28.7 Å². The van der Waals surface area contributed by atoms with Crippen LogP contribution in [0.5, 0.6) is 0 Å².